The third kappa shape index (κ3) is 9.42. The number of carbonyl (C=O) groups is 3. The normalized spacial score (nSPS) is 10.6. The predicted molar refractivity (Wildman–Crippen MR) is 157 cm³/mol. The highest BCUT2D eigenvalue weighted by molar-refractivity contribution is 9.10. The molecule has 0 aromatic heterocycles. The molecule has 0 aliphatic heterocycles. The molecule has 0 unspecified atom stereocenters. The fourth-order valence-electron chi connectivity index (χ4n) is 3.38. The van der Waals surface area contributed by atoms with Crippen LogP contribution in [0.25, 0.3) is 0 Å². The third-order valence-corrected chi connectivity index (χ3v) is 5.95. The fraction of sp³-hybridized carbons (Fsp3) is 0.241. The van der Waals surface area contributed by atoms with Gasteiger partial charge in [-0.15, -0.1) is 0 Å². The van der Waals surface area contributed by atoms with Crippen LogP contribution in [-0.4, -0.2) is 44.3 Å². The zero-order valence-electron chi connectivity index (χ0n) is 22.5. The quantitative estimate of drug-likeness (QED) is 0.114. The van der Waals surface area contributed by atoms with E-state index in [0.717, 1.165) is 18.4 Å². The molecule has 0 aliphatic carbocycles. The predicted octanol–water partition coefficient (Wildman–Crippen LogP) is 5.05. The van der Waals surface area contributed by atoms with Gasteiger partial charge in [0.25, 0.3) is 5.91 Å². The summed E-state index contributed by atoms with van der Waals surface area (Å²) in [5.74, 6) is -0.797. The molecule has 0 fully saturated rings. The summed E-state index contributed by atoms with van der Waals surface area (Å²) in [5.41, 5.74) is 4.88. The van der Waals surface area contributed by atoms with Crippen molar-refractivity contribution < 1.29 is 28.6 Å². The van der Waals surface area contributed by atoms with Crippen LogP contribution in [0.15, 0.2) is 70.2 Å². The van der Waals surface area contributed by atoms with Gasteiger partial charge in [-0.25, -0.2) is 5.43 Å². The Hall–Kier alpha value is -4.38. The van der Waals surface area contributed by atoms with Gasteiger partial charge < -0.3 is 24.8 Å². The highest BCUT2D eigenvalue weighted by Gasteiger charge is 2.15. The van der Waals surface area contributed by atoms with E-state index < -0.39 is 11.8 Å². The first-order valence-electron chi connectivity index (χ1n) is 12.5. The summed E-state index contributed by atoms with van der Waals surface area (Å²) in [6.07, 6.45) is 3.33. The van der Waals surface area contributed by atoms with Crippen molar-refractivity contribution in [3.8, 4) is 17.2 Å². The number of hydrogen-bond donors (Lipinski definition) is 3. The van der Waals surface area contributed by atoms with Crippen molar-refractivity contribution in [2.75, 3.05) is 31.0 Å². The maximum atomic E-state index is 12.3. The SMILES string of the molecule is CCCCOc1ccc(NC(=O)C(=O)N/N=C\c2cc(Br)c(OCC(=O)Nc3cccc(C)c3)c(OC)c2)cc1. The van der Waals surface area contributed by atoms with E-state index in [0.29, 0.717) is 45.3 Å². The van der Waals surface area contributed by atoms with Crippen LogP contribution in [0, 0.1) is 6.92 Å². The van der Waals surface area contributed by atoms with E-state index in [1.54, 1.807) is 42.5 Å². The molecule has 3 amide bonds. The minimum absolute atomic E-state index is 0.240. The number of halogens is 1. The van der Waals surface area contributed by atoms with E-state index in [-0.39, 0.29) is 12.5 Å². The molecule has 3 aromatic carbocycles. The van der Waals surface area contributed by atoms with Crippen LogP contribution in [0.3, 0.4) is 0 Å². The van der Waals surface area contributed by atoms with Gasteiger partial charge in [-0.2, -0.15) is 5.10 Å². The molecule has 3 aromatic rings. The van der Waals surface area contributed by atoms with Crippen LogP contribution in [0.5, 0.6) is 17.2 Å². The van der Waals surface area contributed by atoms with Gasteiger partial charge >= 0.3 is 11.8 Å². The molecule has 0 aliphatic rings. The Morgan fingerprint density at radius 3 is 2.42 bits per heavy atom. The van der Waals surface area contributed by atoms with Gasteiger partial charge in [0.15, 0.2) is 18.1 Å². The molecule has 0 atom stereocenters. The zero-order valence-corrected chi connectivity index (χ0v) is 24.0. The summed E-state index contributed by atoms with van der Waals surface area (Å²) in [7, 11) is 1.46. The van der Waals surface area contributed by atoms with Crippen LogP contribution in [0.1, 0.15) is 30.9 Å². The number of nitrogens with zero attached hydrogens (tertiary/aromatic N) is 1. The summed E-state index contributed by atoms with van der Waals surface area (Å²) in [6.45, 7) is 4.39. The summed E-state index contributed by atoms with van der Waals surface area (Å²) in [4.78, 5) is 36.7. The van der Waals surface area contributed by atoms with Gasteiger partial charge in [-0.05, 0) is 88.9 Å². The Morgan fingerprint density at radius 1 is 0.950 bits per heavy atom. The van der Waals surface area contributed by atoms with E-state index in [4.69, 9.17) is 14.2 Å². The van der Waals surface area contributed by atoms with E-state index >= 15 is 0 Å². The van der Waals surface area contributed by atoms with E-state index in [1.165, 1.54) is 13.3 Å². The van der Waals surface area contributed by atoms with Crippen LogP contribution in [0.2, 0.25) is 0 Å². The van der Waals surface area contributed by atoms with Crippen molar-refractivity contribution in [2.45, 2.75) is 26.7 Å². The van der Waals surface area contributed by atoms with E-state index in [1.807, 2.05) is 25.1 Å². The lowest BCUT2D eigenvalue weighted by molar-refractivity contribution is -0.136. The number of benzene rings is 3. The van der Waals surface area contributed by atoms with E-state index in [2.05, 4.69) is 44.0 Å². The number of amides is 3. The van der Waals surface area contributed by atoms with Gasteiger partial charge in [-0.3, -0.25) is 14.4 Å². The molecule has 11 heteroatoms. The molecular formula is C29H31BrN4O6. The van der Waals surface area contributed by atoms with Gasteiger partial charge in [-0.1, -0.05) is 25.5 Å². The lowest BCUT2D eigenvalue weighted by Gasteiger charge is -2.13. The second kappa shape index (κ2) is 15.3. The number of aryl methyl sites for hydroxylation is 1. The topological polar surface area (TPSA) is 127 Å². The zero-order chi connectivity index (χ0) is 28.9. The maximum Gasteiger partial charge on any atom is 0.329 e. The second-order valence-corrected chi connectivity index (χ2v) is 9.47. The first-order chi connectivity index (χ1) is 19.3. The molecule has 0 radical (unpaired) electrons. The summed E-state index contributed by atoms with van der Waals surface area (Å²) < 4.78 is 17.2. The van der Waals surface area contributed by atoms with Crippen molar-refractivity contribution in [1.82, 2.24) is 5.43 Å². The Labute approximate surface area is 241 Å². The Balaban J connectivity index is 1.52. The largest absolute Gasteiger partial charge is 0.494 e. The van der Waals surface area contributed by atoms with Gasteiger partial charge in [0, 0.05) is 11.4 Å². The summed E-state index contributed by atoms with van der Waals surface area (Å²) in [5, 5.41) is 9.13. The number of hydrogen-bond acceptors (Lipinski definition) is 7. The van der Waals surface area contributed by atoms with E-state index in [9.17, 15) is 14.4 Å². The van der Waals surface area contributed by atoms with Gasteiger partial charge in [0.05, 0.1) is 24.4 Å². The Kier molecular flexibility index (Phi) is 11.5. The number of anilines is 2. The first-order valence-corrected chi connectivity index (χ1v) is 13.3. The Morgan fingerprint density at radius 2 is 1.73 bits per heavy atom. The number of hydrazone groups is 1. The van der Waals surface area contributed by atoms with Crippen molar-refractivity contribution >= 4 is 51.2 Å². The van der Waals surface area contributed by atoms with Crippen molar-refractivity contribution in [1.29, 1.82) is 0 Å². The summed E-state index contributed by atoms with van der Waals surface area (Å²) >= 11 is 3.41. The molecule has 40 heavy (non-hydrogen) atoms. The maximum absolute atomic E-state index is 12.3. The third-order valence-electron chi connectivity index (χ3n) is 5.37. The molecule has 10 nitrogen and oxygen atoms in total. The number of rotatable bonds is 12. The average Bonchev–Trinajstić information content (AvgIpc) is 2.93. The van der Waals surface area contributed by atoms with Crippen LogP contribution >= 0.6 is 15.9 Å². The first kappa shape index (κ1) is 30.2. The number of nitrogens with one attached hydrogen (secondary N) is 3. The molecule has 0 spiro atoms. The molecule has 0 heterocycles. The van der Waals surface area contributed by atoms with Crippen LogP contribution in [-0.2, 0) is 14.4 Å². The van der Waals surface area contributed by atoms with Gasteiger partial charge in [0.2, 0.25) is 0 Å². The van der Waals surface area contributed by atoms with Crippen molar-refractivity contribution in [3.63, 3.8) is 0 Å². The fourth-order valence-corrected chi connectivity index (χ4v) is 3.96. The van der Waals surface area contributed by atoms with Crippen molar-refractivity contribution in [3.05, 3.63) is 76.3 Å². The molecule has 210 valence electrons. The number of unbranched alkanes of at least 4 members (excludes halogenated alkanes) is 1. The standard InChI is InChI=1S/C29H31BrN4O6/c1-4-5-13-39-23-11-9-21(10-12-23)33-28(36)29(37)34-31-17-20-15-24(30)27(25(16-20)38-3)40-18-26(35)32-22-8-6-7-19(2)14-22/h6-12,14-17H,4-5,13,18H2,1-3H3,(H,32,35)(H,33,36)(H,34,37)/b31-17-. The minimum atomic E-state index is -0.940. The summed E-state index contributed by atoms with van der Waals surface area (Å²) in [6, 6.07) is 17.4. The molecule has 3 N–H and O–H groups in total. The minimum Gasteiger partial charge on any atom is -0.494 e. The monoisotopic (exact) mass is 610 g/mol. The highest BCUT2D eigenvalue weighted by atomic mass is 79.9. The van der Waals surface area contributed by atoms with Gasteiger partial charge in [0.1, 0.15) is 5.75 Å². The number of ether oxygens (including phenoxy) is 3. The molecule has 0 bridgehead atoms. The Bertz CT molecular complexity index is 1360. The number of methoxy groups -OCH3 is 1. The second-order valence-electron chi connectivity index (χ2n) is 8.62. The lowest BCUT2D eigenvalue weighted by atomic mass is 10.2. The lowest BCUT2D eigenvalue weighted by Crippen LogP contribution is -2.32. The molecule has 0 saturated heterocycles. The van der Waals surface area contributed by atoms with Crippen molar-refractivity contribution in [2.24, 2.45) is 5.10 Å². The van der Waals surface area contributed by atoms with Crippen LogP contribution in [0.4, 0.5) is 11.4 Å². The molecule has 0 saturated carbocycles. The molecular weight excluding hydrogens is 580 g/mol. The number of carbonyl (C=O) groups excluding carboxylic acids is 3. The molecule has 3 rings (SSSR count). The highest BCUT2D eigenvalue weighted by Crippen LogP contribution is 2.36. The van der Waals surface area contributed by atoms with Crippen LogP contribution < -0.4 is 30.3 Å². The average molecular weight is 611 g/mol. The smallest absolute Gasteiger partial charge is 0.329 e.